The monoisotopic (exact) mass is 294 g/mol. The lowest BCUT2D eigenvalue weighted by molar-refractivity contribution is -0.141. The Kier molecular flexibility index (Phi) is 4.29. The van der Waals surface area contributed by atoms with Crippen LogP contribution in [0.4, 0.5) is 0 Å². The van der Waals surface area contributed by atoms with Crippen LogP contribution >= 0.6 is 11.6 Å². The number of halogens is 1. The van der Waals surface area contributed by atoms with E-state index in [0.717, 1.165) is 10.9 Å². The summed E-state index contributed by atoms with van der Waals surface area (Å²) in [6.45, 7) is 1.91. The average molecular weight is 295 g/mol. The molecule has 106 valence electrons. The largest absolute Gasteiger partial charge is 0.480 e. The van der Waals surface area contributed by atoms with Crippen LogP contribution in [-0.4, -0.2) is 27.6 Å². The number of aryl methyl sites for hydroxylation is 1. The van der Waals surface area contributed by atoms with Crippen LogP contribution in [0.5, 0.6) is 0 Å². The van der Waals surface area contributed by atoms with Crippen LogP contribution in [0.3, 0.4) is 0 Å². The van der Waals surface area contributed by atoms with Gasteiger partial charge in [0, 0.05) is 29.7 Å². The zero-order chi connectivity index (χ0) is 14.7. The number of carboxylic acids is 1. The molecule has 0 saturated heterocycles. The smallest absolute Gasteiger partial charge is 0.325 e. The Hall–Kier alpha value is -2.01. The first-order chi connectivity index (χ1) is 9.47. The Labute approximate surface area is 121 Å². The van der Waals surface area contributed by atoms with E-state index in [1.54, 1.807) is 0 Å². The molecular formula is C14H15ClN2O3. The van der Waals surface area contributed by atoms with Crippen molar-refractivity contribution in [2.45, 2.75) is 25.9 Å². The van der Waals surface area contributed by atoms with Crippen molar-refractivity contribution in [3.8, 4) is 0 Å². The number of aromatic nitrogens is 1. The highest BCUT2D eigenvalue weighted by atomic mass is 35.5. The second kappa shape index (κ2) is 5.96. The predicted octanol–water partition coefficient (Wildman–Crippen LogP) is 2.27. The highest BCUT2D eigenvalue weighted by Crippen LogP contribution is 2.20. The van der Waals surface area contributed by atoms with Gasteiger partial charge < -0.3 is 15.0 Å². The fourth-order valence-electron chi connectivity index (χ4n) is 1.95. The number of amides is 1. The molecule has 0 spiro atoms. The lowest BCUT2D eigenvalue weighted by Gasteiger charge is -2.10. The normalized spacial score (nSPS) is 12.3. The van der Waals surface area contributed by atoms with Crippen LogP contribution in [0.1, 0.15) is 13.3 Å². The summed E-state index contributed by atoms with van der Waals surface area (Å²) in [5.41, 5.74) is 0.955. The average Bonchev–Trinajstić information content (AvgIpc) is 2.78. The number of benzene rings is 1. The van der Waals surface area contributed by atoms with Gasteiger partial charge in [-0.1, -0.05) is 17.7 Å². The minimum Gasteiger partial charge on any atom is -0.480 e. The molecule has 1 amide bonds. The van der Waals surface area contributed by atoms with Gasteiger partial charge in [-0.2, -0.15) is 0 Å². The third-order valence-corrected chi connectivity index (χ3v) is 3.30. The molecule has 6 heteroatoms. The third kappa shape index (κ3) is 3.30. The fourth-order valence-corrected chi connectivity index (χ4v) is 2.12. The molecule has 2 rings (SSSR count). The van der Waals surface area contributed by atoms with Crippen molar-refractivity contribution >= 4 is 34.4 Å². The molecular weight excluding hydrogens is 280 g/mol. The second-order valence-corrected chi connectivity index (χ2v) is 5.03. The van der Waals surface area contributed by atoms with Crippen molar-refractivity contribution < 1.29 is 14.7 Å². The molecule has 1 aromatic carbocycles. The number of fused-ring (bicyclic) bond motifs is 1. The van der Waals surface area contributed by atoms with Gasteiger partial charge in [-0.05, 0) is 30.5 Å². The summed E-state index contributed by atoms with van der Waals surface area (Å²) in [6.07, 6.45) is 2.10. The fraction of sp³-hybridized carbons (Fsp3) is 0.286. The van der Waals surface area contributed by atoms with Crippen molar-refractivity contribution in [2.75, 3.05) is 0 Å². The molecule has 0 aliphatic heterocycles. The molecule has 2 N–H and O–H groups in total. The Morgan fingerprint density at radius 3 is 2.85 bits per heavy atom. The maximum atomic E-state index is 11.6. The number of nitrogens with one attached hydrogen (secondary N) is 1. The molecule has 0 saturated carbocycles. The van der Waals surface area contributed by atoms with E-state index < -0.39 is 12.0 Å². The molecule has 1 atom stereocenters. The quantitative estimate of drug-likeness (QED) is 0.888. The van der Waals surface area contributed by atoms with E-state index in [0.29, 0.717) is 11.6 Å². The van der Waals surface area contributed by atoms with Crippen LogP contribution < -0.4 is 5.32 Å². The first-order valence-corrected chi connectivity index (χ1v) is 6.62. The molecule has 0 aliphatic carbocycles. The Bertz CT molecular complexity index is 651. The minimum atomic E-state index is -1.04. The molecule has 5 nitrogen and oxygen atoms in total. The van der Waals surface area contributed by atoms with Crippen LogP contribution in [-0.2, 0) is 16.1 Å². The van der Waals surface area contributed by atoms with Gasteiger partial charge in [0.1, 0.15) is 6.04 Å². The molecule has 0 radical (unpaired) electrons. The van der Waals surface area contributed by atoms with E-state index in [1.807, 2.05) is 35.0 Å². The highest BCUT2D eigenvalue weighted by Gasteiger charge is 2.13. The maximum absolute atomic E-state index is 11.6. The standard InChI is InChI=1S/C14H15ClN2O3/c1-9(14(19)20)16-13(18)5-7-17-6-4-10-2-3-11(15)8-12(10)17/h2-4,6,8-9H,5,7H2,1H3,(H,16,18)(H,19,20)/t9-/m0/s1. The van der Waals surface area contributed by atoms with Gasteiger partial charge in [0.15, 0.2) is 0 Å². The molecule has 0 bridgehead atoms. The zero-order valence-corrected chi connectivity index (χ0v) is 11.7. The predicted molar refractivity (Wildman–Crippen MR) is 76.8 cm³/mol. The number of nitrogens with zero attached hydrogens (tertiary/aromatic N) is 1. The lowest BCUT2D eigenvalue weighted by Crippen LogP contribution is -2.38. The Morgan fingerprint density at radius 1 is 1.40 bits per heavy atom. The van der Waals surface area contributed by atoms with E-state index in [-0.39, 0.29) is 12.3 Å². The van der Waals surface area contributed by atoms with Crippen molar-refractivity contribution in [2.24, 2.45) is 0 Å². The SMILES string of the molecule is C[C@H](NC(=O)CCn1ccc2ccc(Cl)cc21)C(=O)O. The van der Waals surface area contributed by atoms with E-state index in [9.17, 15) is 9.59 Å². The molecule has 1 heterocycles. The van der Waals surface area contributed by atoms with Crippen LogP contribution in [0.2, 0.25) is 5.02 Å². The summed E-state index contributed by atoms with van der Waals surface area (Å²) < 4.78 is 1.92. The number of aliphatic carboxylic acids is 1. The van der Waals surface area contributed by atoms with Gasteiger partial charge in [-0.15, -0.1) is 0 Å². The first-order valence-electron chi connectivity index (χ1n) is 6.24. The first kappa shape index (κ1) is 14.4. The van der Waals surface area contributed by atoms with Gasteiger partial charge in [-0.25, -0.2) is 0 Å². The van der Waals surface area contributed by atoms with Crippen molar-refractivity contribution in [1.82, 2.24) is 9.88 Å². The highest BCUT2D eigenvalue weighted by molar-refractivity contribution is 6.31. The van der Waals surface area contributed by atoms with Crippen molar-refractivity contribution in [3.05, 3.63) is 35.5 Å². The van der Waals surface area contributed by atoms with E-state index in [1.165, 1.54) is 6.92 Å². The molecule has 20 heavy (non-hydrogen) atoms. The zero-order valence-electron chi connectivity index (χ0n) is 11.0. The van der Waals surface area contributed by atoms with E-state index in [4.69, 9.17) is 16.7 Å². The van der Waals surface area contributed by atoms with Crippen LogP contribution in [0, 0.1) is 0 Å². The molecule has 0 fully saturated rings. The van der Waals surface area contributed by atoms with Crippen LogP contribution in [0.15, 0.2) is 30.5 Å². The van der Waals surface area contributed by atoms with Crippen molar-refractivity contribution in [3.63, 3.8) is 0 Å². The summed E-state index contributed by atoms with van der Waals surface area (Å²) >= 11 is 5.96. The number of carbonyl (C=O) groups is 2. The molecule has 1 aromatic heterocycles. The number of carbonyl (C=O) groups excluding carboxylic acids is 1. The number of carboxylic acid groups (broad SMARTS) is 1. The number of hydrogen-bond acceptors (Lipinski definition) is 2. The number of hydrogen-bond donors (Lipinski definition) is 2. The van der Waals surface area contributed by atoms with Gasteiger partial charge in [0.2, 0.25) is 5.91 Å². The summed E-state index contributed by atoms with van der Waals surface area (Å²) in [5.74, 6) is -1.33. The summed E-state index contributed by atoms with van der Waals surface area (Å²) in [4.78, 5) is 22.3. The topological polar surface area (TPSA) is 71.3 Å². The summed E-state index contributed by atoms with van der Waals surface area (Å²) in [5, 5.41) is 12.8. The van der Waals surface area contributed by atoms with Gasteiger partial charge in [-0.3, -0.25) is 9.59 Å². The second-order valence-electron chi connectivity index (χ2n) is 4.59. The van der Waals surface area contributed by atoms with Crippen molar-refractivity contribution in [1.29, 1.82) is 0 Å². The third-order valence-electron chi connectivity index (χ3n) is 3.06. The van der Waals surface area contributed by atoms with E-state index >= 15 is 0 Å². The van der Waals surface area contributed by atoms with Gasteiger partial charge in [0.05, 0.1) is 0 Å². The number of rotatable bonds is 5. The summed E-state index contributed by atoms with van der Waals surface area (Å²) in [7, 11) is 0. The summed E-state index contributed by atoms with van der Waals surface area (Å²) in [6, 6.07) is 6.65. The Balaban J connectivity index is 2.01. The van der Waals surface area contributed by atoms with E-state index in [2.05, 4.69) is 5.32 Å². The molecule has 2 aromatic rings. The van der Waals surface area contributed by atoms with Gasteiger partial charge >= 0.3 is 5.97 Å². The van der Waals surface area contributed by atoms with Crippen LogP contribution in [0.25, 0.3) is 10.9 Å². The van der Waals surface area contributed by atoms with Gasteiger partial charge in [0.25, 0.3) is 0 Å². The Morgan fingerprint density at radius 2 is 2.15 bits per heavy atom. The maximum Gasteiger partial charge on any atom is 0.325 e. The minimum absolute atomic E-state index is 0.216. The molecule has 0 unspecified atom stereocenters. The molecule has 0 aliphatic rings. The lowest BCUT2D eigenvalue weighted by atomic mass is 10.2.